The van der Waals surface area contributed by atoms with Crippen LogP contribution >= 0.6 is 23.7 Å². The maximum atomic E-state index is 5.85. The first-order chi connectivity index (χ1) is 8.20. The third-order valence-corrected chi connectivity index (χ3v) is 3.23. The normalized spacial score (nSPS) is 35.4. The Morgan fingerprint density at radius 3 is 2.47 bits per heavy atom. The van der Waals surface area contributed by atoms with E-state index in [-0.39, 0.29) is 6.29 Å². The van der Waals surface area contributed by atoms with E-state index in [4.69, 9.17) is 9.47 Å². The Bertz CT molecular complexity index is 198. The molecule has 2 rings (SSSR count). The van der Waals surface area contributed by atoms with Gasteiger partial charge >= 0.3 is 55.2 Å². The second-order valence-corrected chi connectivity index (χ2v) is 4.55. The van der Waals surface area contributed by atoms with Crippen LogP contribution in [0.1, 0.15) is 26.7 Å². The fourth-order valence-corrected chi connectivity index (χ4v) is 2.49. The van der Waals surface area contributed by atoms with Gasteiger partial charge in [0, 0.05) is 12.7 Å². The molecule has 0 aromatic rings. The summed E-state index contributed by atoms with van der Waals surface area (Å²) in [5.41, 5.74) is 0. The van der Waals surface area contributed by atoms with E-state index in [1.165, 1.54) is 29.2 Å². The van der Waals surface area contributed by atoms with Crippen LogP contribution in [0.2, 0.25) is 0 Å². The van der Waals surface area contributed by atoms with Crippen LogP contribution in [0.4, 0.5) is 0 Å². The van der Waals surface area contributed by atoms with Crippen molar-refractivity contribution in [3.63, 3.8) is 0 Å². The van der Waals surface area contributed by atoms with E-state index in [1.807, 2.05) is 0 Å². The molecule has 0 spiro atoms. The quantitative estimate of drug-likeness (QED) is 0.469. The standard InChI is InChI=1S/C11H19O2.BrH.ClH.Cu.Zn/c1-7(2)10-8(3)9-5-4-6-12-11(9)13-10;;;;/h7-11H,3-6H2,1-2H3;2*1H;;/q-1;;;+1;+2/p-2/t8-,9-,10?,11+;;;;/m1..../s1. The summed E-state index contributed by atoms with van der Waals surface area (Å²) in [6.07, 6.45) is 2.74. The first-order valence-corrected chi connectivity index (χ1v) is 13.9. The Hall–Kier alpha value is 1.83. The van der Waals surface area contributed by atoms with E-state index >= 15 is 0 Å². The van der Waals surface area contributed by atoms with Gasteiger partial charge in [-0.2, -0.15) is 0 Å². The molecule has 2 heterocycles. The summed E-state index contributed by atoms with van der Waals surface area (Å²) in [5.74, 6) is 1.52. The third-order valence-electron chi connectivity index (χ3n) is 3.23. The fourth-order valence-electron chi connectivity index (χ4n) is 2.49. The van der Waals surface area contributed by atoms with Crippen LogP contribution < -0.4 is 0 Å². The molecule has 0 radical (unpaired) electrons. The van der Waals surface area contributed by atoms with Gasteiger partial charge in [0.25, 0.3) is 0 Å². The summed E-state index contributed by atoms with van der Waals surface area (Å²) in [4.78, 5) is 0. The van der Waals surface area contributed by atoms with Gasteiger partial charge in [-0.25, -0.2) is 0 Å². The molecule has 0 saturated carbocycles. The Kier molecular flexibility index (Phi) is 11.7. The van der Waals surface area contributed by atoms with Gasteiger partial charge in [-0.1, -0.05) is 13.8 Å². The number of halogens is 2. The van der Waals surface area contributed by atoms with Crippen molar-refractivity contribution in [3.8, 4) is 0 Å². The molecule has 0 amide bonds. The van der Waals surface area contributed by atoms with Crippen LogP contribution in [0.5, 0.6) is 0 Å². The molecule has 2 aliphatic rings. The van der Waals surface area contributed by atoms with E-state index in [2.05, 4.69) is 59.6 Å². The second kappa shape index (κ2) is 10.6. The number of hydrogen-bond acceptors (Lipinski definition) is 2. The minimum absolute atomic E-state index is 0.0450. The van der Waals surface area contributed by atoms with Crippen molar-refractivity contribution in [1.29, 1.82) is 0 Å². The summed E-state index contributed by atoms with van der Waals surface area (Å²) in [6.45, 7) is 9.47. The second-order valence-electron chi connectivity index (χ2n) is 4.55. The SMILES string of the molecule is [CH2-][C@H]1C(C(C)C)O[C@@H]2OCCC[C@@H]21.[Cl][Cu].[Zn+][Br]. The Morgan fingerprint density at radius 2 is 2.00 bits per heavy atom. The van der Waals surface area contributed by atoms with E-state index in [0.717, 1.165) is 6.61 Å². The summed E-state index contributed by atoms with van der Waals surface area (Å²) < 4.78 is 11.4. The van der Waals surface area contributed by atoms with Crippen LogP contribution in [-0.4, -0.2) is 19.0 Å². The maximum absolute atomic E-state index is 5.85. The van der Waals surface area contributed by atoms with Crippen molar-refractivity contribution >= 4 is 23.7 Å². The molecule has 1 unspecified atom stereocenters. The average Bonchev–Trinajstić information content (AvgIpc) is 2.73. The van der Waals surface area contributed by atoms with Gasteiger partial charge in [-0.05, 0) is 24.7 Å². The van der Waals surface area contributed by atoms with Crippen molar-refractivity contribution in [2.24, 2.45) is 17.8 Å². The predicted octanol–water partition coefficient (Wildman–Crippen LogP) is 3.77. The Labute approximate surface area is 134 Å². The molecular formula is C11H19BrClCuO2Zn. The van der Waals surface area contributed by atoms with Crippen LogP contribution in [0.25, 0.3) is 0 Å². The van der Waals surface area contributed by atoms with Gasteiger partial charge in [0.1, 0.15) is 0 Å². The molecule has 2 aliphatic heterocycles. The molecule has 0 aliphatic carbocycles. The first kappa shape index (κ1) is 18.8. The van der Waals surface area contributed by atoms with Gasteiger partial charge in [0.05, 0.1) is 0 Å². The molecule has 2 nitrogen and oxygen atoms in total. The predicted molar refractivity (Wildman–Crippen MR) is 65.8 cm³/mol. The van der Waals surface area contributed by atoms with Crippen molar-refractivity contribution in [2.45, 2.75) is 39.1 Å². The summed E-state index contributed by atoms with van der Waals surface area (Å²) in [7, 11) is 4.20. The fraction of sp³-hybridized carbons (Fsp3) is 0.909. The van der Waals surface area contributed by atoms with Crippen molar-refractivity contribution in [1.82, 2.24) is 0 Å². The Morgan fingerprint density at radius 1 is 1.41 bits per heavy atom. The topological polar surface area (TPSA) is 18.5 Å². The van der Waals surface area contributed by atoms with Crippen molar-refractivity contribution < 1.29 is 40.9 Å². The van der Waals surface area contributed by atoms with Crippen LogP contribution in [0.15, 0.2) is 0 Å². The average molecular weight is 428 g/mol. The summed E-state index contributed by atoms with van der Waals surface area (Å²) in [5, 5.41) is 0. The van der Waals surface area contributed by atoms with Gasteiger partial charge in [0.2, 0.25) is 0 Å². The summed E-state index contributed by atoms with van der Waals surface area (Å²) in [6, 6.07) is 0. The molecule has 17 heavy (non-hydrogen) atoms. The molecule has 4 atom stereocenters. The molecule has 102 valence electrons. The molecule has 0 bridgehead atoms. The minimum atomic E-state index is 0.0450. The molecule has 6 heteroatoms. The van der Waals surface area contributed by atoms with Crippen LogP contribution in [0.3, 0.4) is 0 Å². The molecule has 0 aromatic heterocycles. The Balaban J connectivity index is 0.000000581. The van der Waals surface area contributed by atoms with Gasteiger partial charge in [-0.15, -0.1) is 5.92 Å². The third kappa shape index (κ3) is 5.38. The zero-order valence-electron chi connectivity index (χ0n) is 10.3. The van der Waals surface area contributed by atoms with E-state index < -0.39 is 0 Å². The van der Waals surface area contributed by atoms with E-state index in [0.29, 0.717) is 23.9 Å². The molecule has 2 fully saturated rings. The van der Waals surface area contributed by atoms with Gasteiger partial charge < -0.3 is 16.4 Å². The number of fused-ring (bicyclic) bond motifs is 1. The molecular weight excluding hydrogens is 408 g/mol. The molecule has 2 saturated heterocycles. The zero-order chi connectivity index (χ0) is 13.4. The molecule has 0 aromatic carbocycles. The summed E-state index contributed by atoms with van der Waals surface area (Å²) >= 11 is 7.91. The number of rotatable bonds is 1. The van der Waals surface area contributed by atoms with E-state index in [1.54, 1.807) is 0 Å². The number of ether oxygens (including phenoxy) is 2. The molecule has 0 N–H and O–H groups in total. The van der Waals surface area contributed by atoms with Gasteiger partial charge in [0.15, 0.2) is 6.29 Å². The van der Waals surface area contributed by atoms with E-state index in [9.17, 15) is 0 Å². The van der Waals surface area contributed by atoms with Gasteiger partial charge in [-0.3, -0.25) is 0 Å². The van der Waals surface area contributed by atoms with Crippen LogP contribution in [0, 0.1) is 24.7 Å². The van der Waals surface area contributed by atoms with Crippen molar-refractivity contribution in [2.75, 3.05) is 6.61 Å². The van der Waals surface area contributed by atoms with Crippen molar-refractivity contribution in [3.05, 3.63) is 6.92 Å². The first-order valence-electron chi connectivity index (χ1n) is 5.68. The van der Waals surface area contributed by atoms with Crippen LogP contribution in [-0.2, 0) is 40.9 Å². The number of hydrogen-bond donors (Lipinski definition) is 0. The zero-order valence-corrected chi connectivity index (χ0v) is 16.5. The monoisotopic (exact) mass is 424 g/mol.